The van der Waals surface area contributed by atoms with Gasteiger partial charge in [0.25, 0.3) is 0 Å². The third kappa shape index (κ3) is 2.73. The van der Waals surface area contributed by atoms with E-state index in [1.807, 2.05) is 19.9 Å². The van der Waals surface area contributed by atoms with Crippen LogP contribution in [-0.2, 0) is 19.1 Å². The van der Waals surface area contributed by atoms with Gasteiger partial charge >= 0.3 is 11.9 Å². The molecule has 3 aliphatic carbocycles. The molecule has 2 heterocycles. The van der Waals surface area contributed by atoms with Gasteiger partial charge in [0.15, 0.2) is 5.78 Å². The topological polar surface area (TPSA) is 103 Å². The first kappa shape index (κ1) is 21.2. The molecule has 7 heteroatoms. The minimum absolute atomic E-state index is 0.0234. The maximum Gasteiger partial charge on any atom is 0.338 e. The van der Waals surface area contributed by atoms with E-state index >= 15 is 0 Å². The Bertz CT molecular complexity index is 1210. The second-order valence-electron chi connectivity index (χ2n) is 10.1. The van der Waals surface area contributed by atoms with Gasteiger partial charge in [-0.1, -0.05) is 19.4 Å². The number of furan rings is 1. The normalized spacial score (nSPS) is 36.2. The summed E-state index contributed by atoms with van der Waals surface area (Å²) in [6.07, 6.45) is 3.96. The predicted octanol–water partition coefficient (Wildman–Crippen LogP) is 4.17. The number of carbonyl (C=O) groups is 3. The van der Waals surface area contributed by atoms with Gasteiger partial charge in [0.2, 0.25) is 0 Å². The number of benzene rings is 1. The minimum Gasteiger partial charge on any atom is -0.508 e. The zero-order chi connectivity index (χ0) is 23.8. The summed E-state index contributed by atoms with van der Waals surface area (Å²) >= 11 is 0. The molecular formula is C27H26O7. The van der Waals surface area contributed by atoms with E-state index in [1.165, 1.54) is 24.3 Å². The molecule has 0 unspecified atom stereocenters. The molecular weight excluding hydrogens is 436 g/mol. The molecule has 0 radical (unpaired) electrons. The first-order chi connectivity index (χ1) is 16.3. The summed E-state index contributed by atoms with van der Waals surface area (Å²) in [5.74, 6) is -1.41. The van der Waals surface area contributed by atoms with E-state index in [4.69, 9.17) is 13.9 Å². The number of phenols is 1. The molecule has 2 fully saturated rings. The molecule has 0 amide bonds. The van der Waals surface area contributed by atoms with E-state index in [9.17, 15) is 19.5 Å². The molecule has 6 rings (SSSR count). The zero-order valence-corrected chi connectivity index (χ0v) is 19.0. The van der Waals surface area contributed by atoms with Crippen molar-refractivity contribution in [2.75, 3.05) is 0 Å². The Morgan fingerprint density at radius 3 is 2.62 bits per heavy atom. The van der Waals surface area contributed by atoms with E-state index < -0.39 is 17.5 Å². The highest BCUT2D eigenvalue weighted by atomic mass is 16.6. The van der Waals surface area contributed by atoms with E-state index in [0.717, 1.165) is 11.1 Å². The number of hydrogen-bond acceptors (Lipinski definition) is 7. The molecule has 1 aromatic heterocycles. The number of esters is 2. The van der Waals surface area contributed by atoms with Crippen molar-refractivity contribution in [1.29, 1.82) is 0 Å². The molecule has 176 valence electrons. The summed E-state index contributed by atoms with van der Waals surface area (Å²) in [5, 5.41) is 9.48. The number of hydrogen-bond donors (Lipinski definition) is 1. The fraction of sp³-hybridized carbons (Fsp3) is 0.444. The average Bonchev–Trinajstić information content (AvgIpc) is 3.47. The van der Waals surface area contributed by atoms with Gasteiger partial charge < -0.3 is 19.0 Å². The van der Waals surface area contributed by atoms with Crippen molar-refractivity contribution in [2.45, 2.75) is 51.2 Å². The van der Waals surface area contributed by atoms with Crippen molar-refractivity contribution in [3.05, 3.63) is 65.1 Å². The lowest BCUT2D eigenvalue weighted by atomic mass is 9.54. The summed E-state index contributed by atoms with van der Waals surface area (Å²) < 4.78 is 17.1. The van der Waals surface area contributed by atoms with Crippen LogP contribution in [0.4, 0.5) is 0 Å². The molecule has 2 aromatic rings. The highest BCUT2D eigenvalue weighted by molar-refractivity contribution is 6.09. The third-order valence-electron chi connectivity index (χ3n) is 8.56. The lowest BCUT2D eigenvalue weighted by molar-refractivity contribution is -0.149. The van der Waals surface area contributed by atoms with Crippen molar-refractivity contribution in [2.24, 2.45) is 23.2 Å². The number of ether oxygens (including phenoxy) is 2. The number of Topliss-reactive ketones (excluding diaryl/α,β-unsaturated/α-hetero) is 1. The number of aromatic hydroxyl groups is 1. The van der Waals surface area contributed by atoms with Crippen LogP contribution in [0.2, 0.25) is 0 Å². The van der Waals surface area contributed by atoms with Gasteiger partial charge in [-0.05, 0) is 48.7 Å². The van der Waals surface area contributed by atoms with Crippen LogP contribution in [0.25, 0.3) is 0 Å². The molecule has 1 aliphatic heterocycles. The molecule has 4 aliphatic rings. The van der Waals surface area contributed by atoms with Gasteiger partial charge in [-0.15, -0.1) is 0 Å². The molecule has 7 atom stereocenters. The van der Waals surface area contributed by atoms with Gasteiger partial charge in [-0.2, -0.15) is 0 Å². The Balaban J connectivity index is 1.34. The highest BCUT2D eigenvalue weighted by Gasteiger charge is 2.70. The molecule has 1 saturated carbocycles. The SMILES string of the molecule is C[C@@H]1[C@@H]2[C@H]3CC4=C(C(=O)[C@@H](C)[C@@H]4c4ccoc4)[C@]2(CC[C@H]1OC(=O)c1ccc(O)cc1)C(=O)O3. The summed E-state index contributed by atoms with van der Waals surface area (Å²) in [7, 11) is 0. The number of rotatable bonds is 3. The van der Waals surface area contributed by atoms with Gasteiger partial charge in [-0.3, -0.25) is 9.59 Å². The Morgan fingerprint density at radius 2 is 1.91 bits per heavy atom. The van der Waals surface area contributed by atoms with Crippen molar-refractivity contribution in [3.8, 4) is 5.75 Å². The largest absolute Gasteiger partial charge is 0.508 e. The molecule has 1 saturated heterocycles. The average molecular weight is 462 g/mol. The second-order valence-corrected chi connectivity index (χ2v) is 10.1. The molecule has 34 heavy (non-hydrogen) atoms. The molecule has 0 spiro atoms. The van der Waals surface area contributed by atoms with Crippen LogP contribution >= 0.6 is 0 Å². The van der Waals surface area contributed by atoms with Crippen molar-refractivity contribution in [3.63, 3.8) is 0 Å². The number of ketones is 1. The van der Waals surface area contributed by atoms with E-state index in [0.29, 0.717) is 30.4 Å². The quantitative estimate of drug-likeness (QED) is 0.683. The summed E-state index contributed by atoms with van der Waals surface area (Å²) in [5.41, 5.74) is 2.00. The molecule has 2 bridgehead atoms. The van der Waals surface area contributed by atoms with E-state index in [-0.39, 0.29) is 47.3 Å². The van der Waals surface area contributed by atoms with Crippen LogP contribution in [0.1, 0.15) is 54.9 Å². The molecule has 7 nitrogen and oxygen atoms in total. The van der Waals surface area contributed by atoms with Gasteiger partial charge in [0.05, 0.1) is 18.1 Å². The Labute approximate surface area is 196 Å². The van der Waals surface area contributed by atoms with Crippen LogP contribution in [0.5, 0.6) is 5.75 Å². The Kier molecular flexibility index (Phi) is 4.57. The predicted molar refractivity (Wildman–Crippen MR) is 119 cm³/mol. The highest BCUT2D eigenvalue weighted by Crippen LogP contribution is 2.65. The number of carbonyl (C=O) groups excluding carboxylic acids is 3. The number of phenolic OH excluding ortho intramolecular Hbond substituents is 1. The van der Waals surface area contributed by atoms with Crippen LogP contribution in [0.15, 0.2) is 58.4 Å². The second kappa shape index (κ2) is 7.32. The fourth-order valence-electron chi connectivity index (χ4n) is 7.11. The van der Waals surface area contributed by atoms with Crippen LogP contribution in [-0.4, -0.2) is 35.0 Å². The Morgan fingerprint density at radius 1 is 1.15 bits per heavy atom. The molecule has 1 N–H and O–H groups in total. The summed E-state index contributed by atoms with van der Waals surface area (Å²) in [6, 6.07) is 7.83. The zero-order valence-electron chi connectivity index (χ0n) is 19.0. The van der Waals surface area contributed by atoms with Crippen LogP contribution in [0, 0.1) is 23.2 Å². The first-order valence-electron chi connectivity index (χ1n) is 11.8. The maximum absolute atomic E-state index is 13.6. The first-order valence-corrected chi connectivity index (χ1v) is 11.8. The summed E-state index contributed by atoms with van der Waals surface area (Å²) in [6.45, 7) is 3.92. The van der Waals surface area contributed by atoms with Crippen LogP contribution in [0.3, 0.4) is 0 Å². The van der Waals surface area contributed by atoms with Gasteiger partial charge in [0.1, 0.15) is 23.4 Å². The van der Waals surface area contributed by atoms with Crippen molar-refractivity contribution >= 4 is 17.7 Å². The lowest BCUT2D eigenvalue weighted by Crippen LogP contribution is -2.52. The monoisotopic (exact) mass is 462 g/mol. The van der Waals surface area contributed by atoms with E-state index in [1.54, 1.807) is 12.5 Å². The maximum atomic E-state index is 13.6. The standard InChI is InChI=1S/C27H26O7/c1-13-19(33-25(30)15-3-5-17(28)6-4-15)7-9-27-22(13)20(34-26(27)31)11-18-21(16-8-10-32-12-16)14(2)24(29)23(18)27/h3-6,8,10,12-14,19-22,28H,7,9,11H2,1-2H3/t13-,14-,19+,20+,21+,22+,27+/m0/s1. The van der Waals surface area contributed by atoms with Gasteiger partial charge in [-0.25, -0.2) is 4.79 Å². The van der Waals surface area contributed by atoms with Gasteiger partial charge in [0, 0.05) is 35.7 Å². The van der Waals surface area contributed by atoms with E-state index in [2.05, 4.69) is 0 Å². The smallest absolute Gasteiger partial charge is 0.338 e. The summed E-state index contributed by atoms with van der Waals surface area (Å²) in [4.78, 5) is 39.7. The van der Waals surface area contributed by atoms with Crippen molar-refractivity contribution < 1.29 is 33.4 Å². The molecule has 1 aromatic carbocycles. The lowest BCUT2D eigenvalue weighted by Gasteiger charge is -2.47. The minimum atomic E-state index is -0.969. The van der Waals surface area contributed by atoms with Crippen LogP contribution < -0.4 is 0 Å². The Hall–Kier alpha value is -3.35. The van der Waals surface area contributed by atoms with Crippen molar-refractivity contribution in [1.82, 2.24) is 0 Å². The fourth-order valence-corrected chi connectivity index (χ4v) is 7.11. The third-order valence-corrected chi connectivity index (χ3v) is 8.56.